The lowest BCUT2D eigenvalue weighted by atomic mass is 10.1. The third kappa shape index (κ3) is 4.36. The van der Waals surface area contributed by atoms with Gasteiger partial charge in [0.25, 0.3) is 11.7 Å². The number of aryl methyl sites for hydroxylation is 1. The normalized spacial score (nSPS) is 11.4. The van der Waals surface area contributed by atoms with Crippen molar-refractivity contribution >= 4 is 27.4 Å². The highest BCUT2D eigenvalue weighted by molar-refractivity contribution is 7.89. The highest BCUT2D eigenvalue weighted by atomic mass is 32.2. The number of nitrogens with zero attached hydrogens (tertiary/aromatic N) is 1. The largest absolute Gasteiger partial charge is 0.319 e. The van der Waals surface area contributed by atoms with E-state index in [4.69, 9.17) is 0 Å². The molecule has 0 aliphatic rings. The average molecular weight is 374 g/mol. The van der Waals surface area contributed by atoms with E-state index in [1.165, 1.54) is 28.6 Å². The first kappa shape index (κ1) is 19.8. The number of carbonyl (C=O) groups is 2. The predicted molar refractivity (Wildman–Crippen MR) is 101 cm³/mol. The number of amides is 1. The Labute approximate surface area is 153 Å². The lowest BCUT2D eigenvalue weighted by Crippen LogP contribution is -2.30. The maximum absolute atomic E-state index is 12.4. The number of carbonyl (C=O) groups excluding carboxylic acids is 2. The Bertz CT molecular complexity index is 884. The van der Waals surface area contributed by atoms with Crippen LogP contribution in [0.15, 0.2) is 53.4 Å². The van der Waals surface area contributed by atoms with Gasteiger partial charge < -0.3 is 5.32 Å². The third-order valence-electron chi connectivity index (χ3n) is 3.98. The van der Waals surface area contributed by atoms with Gasteiger partial charge in [-0.05, 0) is 31.2 Å². The van der Waals surface area contributed by atoms with Crippen LogP contribution < -0.4 is 5.32 Å². The van der Waals surface area contributed by atoms with Crippen LogP contribution in [0, 0.1) is 6.92 Å². The SMILES string of the molecule is CCN(CC)S(=O)(=O)c1ccc(NC(=O)C(=O)c2ccc(C)cc2)cc1. The summed E-state index contributed by atoms with van der Waals surface area (Å²) in [7, 11) is -3.56. The van der Waals surface area contributed by atoms with Crippen molar-refractivity contribution in [2.75, 3.05) is 18.4 Å². The quantitative estimate of drug-likeness (QED) is 0.597. The zero-order valence-electron chi connectivity index (χ0n) is 15.0. The maximum Gasteiger partial charge on any atom is 0.296 e. The molecule has 0 saturated heterocycles. The molecule has 0 aliphatic carbocycles. The summed E-state index contributed by atoms with van der Waals surface area (Å²) in [5, 5.41) is 2.49. The van der Waals surface area contributed by atoms with E-state index in [0.717, 1.165) is 5.56 Å². The van der Waals surface area contributed by atoms with Crippen LogP contribution in [0.4, 0.5) is 5.69 Å². The molecule has 0 saturated carbocycles. The number of hydrogen-bond acceptors (Lipinski definition) is 4. The Kier molecular flexibility index (Phi) is 6.28. The van der Waals surface area contributed by atoms with Gasteiger partial charge in [0.15, 0.2) is 0 Å². The Morgan fingerprint density at radius 3 is 1.96 bits per heavy atom. The summed E-state index contributed by atoms with van der Waals surface area (Å²) in [5.41, 5.74) is 1.65. The molecule has 0 spiro atoms. The van der Waals surface area contributed by atoms with Crippen LogP contribution in [0.25, 0.3) is 0 Å². The Balaban J connectivity index is 2.12. The fourth-order valence-electron chi connectivity index (χ4n) is 2.45. The molecule has 0 aromatic heterocycles. The Morgan fingerprint density at radius 2 is 1.46 bits per heavy atom. The minimum absolute atomic E-state index is 0.143. The maximum atomic E-state index is 12.4. The number of rotatable bonds is 7. The first-order valence-corrected chi connectivity index (χ1v) is 9.76. The zero-order valence-corrected chi connectivity index (χ0v) is 15.8. The van der Waals surface area contributed by atoms with Gasteiger partial charge in [-0.1, -0.05) is 43.7 Å². The van der Waals surface area contributed by atoms with Crippen LogP contribution in [0.5, 0.6) is 0 Å². The molecule has 6 nitrogen and oxygen atoms in total. The first-order valence-electron chi connectivity index (χ1n) is 8.32. The fourth-order valence-corrected chi connectivity index (χ4v) is 3.90. The second kappa shape index (κ2) is 8.25. The van der Waals surface area contributed by atoms with E-state index in [-0.39, 0.29) is 4.90 Å². The number of Topliss-reactive ketones (excluding diaryl/α,β-unsaturated/α-hetero) is 1. The zero-order chi connectivity index (χ0) is 19.3. The molecule has 2 aromatic carbocycles. The lowest BCUT2D eigenvalue weighted by Gasteiger charge is -2.18. The van der Waals surface area contributed by atoms with Crippen LogP contribution in [0.3, 0.4) is 0 Å². The van der Waals surface area contributed by atoms with Gasteiger partial charge in [0.2, 0.25) is 10.0 Å². The Hall–Kier alpha value is -2.51. The molecule has 138 valence electrons. The van der Waals surface area contributed by atoms with Crippen LogP contribution in [-0.2, 0) is 14.8 Å². The van der Waals surface area contributed by atoms with E-state index in [1.54, 1.807) is 38.1 Å². The van der Waals surface area contributed by atoms with Crippen molar-refractivity contribution in [3.63, 3.8) is 0 Å². The van der Waals surface area contributed by atoms with Crippen molar-refractivity contribution in [3.05, 3.63) is 59.7 Å². The number of anilines is 1. The molecule has 7 heteroatoms. The average Bonchev–Trinajstić information content (AvgIpc) is 2.63. The van der Waals surface area contributed by atoms with Crippen molar-refractivity contribution in [3.8, 4) is 0 Å². The topological polar surface area (TPSA) is 83.6 Å². The molecule has 1 N–H and O–H groups in total. The summed E-state index contributed by atoms with van der Waals surface area (Å²) < 4.78 is 26.2. The van der Waals surface area contributed by atoms with Gasteiger partial charge in [-0.25, -0.2) is 8.42 Å². The summed E-state index contributed by atoms with van der Waals surface area (Å²) in [6.45, 7) is 6.19. The van der Waals surface area contributed by atoms with E-state index in [0.29, 0.717) is 24.3 Å². The van der Waals surface area contributed by atoms with Gasteiger partial charge in [-0.15, -0.1) is 0 Å². The van der Waals surface area contributed by atoms with Crippen molar-refractivity contribution in [1.82, 2.24) is 4.31 Å². The van der Waals surface area contributed by atoms with Crippen LogP contribution in [0.1, 0.15) is 29.8 Å². The molecular weight excluding hydrogens is 352 g/mol. The highest BCUT2D eigenvalue weighted by Gasteiger charge is 2.22. The number of benzene rings is 2. The predicted octanol–water partition coefficient (Wildman–Crippen LogP) is 2.85. The number of nitrogens with one attached hydrogen (secondary N) is 1. The smallest absolute Gasteiger partial charge is 0.296 e. The number of sulfonamides is 1. The number of ketones is 1. The van der Waals surface area contributed by atoms with Crippen molar-refractivity contribution < 1.29 is 18.0 Å². The molecule has 0 radical (unpaired) electrons. The third-order valence-corrected chi connectivity index (χ3v) is 6.04. The molecule has 0 atom stereocenters. The highest BCUT2D eigenvalue weighted by Crippen LogP contribution is 2.18. The second-order valence-electron chi connectivity index (χ2n) is 5.76. The Morgan fingerprint density at radius 1 is 0.923 bits per heavy atom. The monoisotopic (exact) mass is 374 g/mol. The van der Waals surface area contributed by atoms with Crippen LogP contribution >= 0.6 is 0 Å². The van der Waals surface area contributed by atoms with E-state index >= 15 is 0 Å². The molecule has 0 aliphatic heterocycles. The first-order chi connectivity index (χ1) is 12.3. The van der Waals surface area contributed by atoms with E-state index in [1.807, 2.05) is 6.92 Å². The molecular formula is C19H22N2O4S. The van der Waals surface area contributed by atoms with Gasteiger partial charge in [0, 0.05) is 24.3 Å². The van der Waals surface area contributed by atoms with E-state index < -0.39 is 21.7 Å². The molecule has 0 heterocycles. The molecule has 1 amide bonds. The van der Waals surface area contributed by atoms with Crippen molar-refractivity contribution in [2.45, 2.75) is 25.7 Å². The minimum Gasteiger partial charge on any atom is -0.319 e. The lowest BCUT2D eigenvalue weighted by molar-refractivity contribution is -0.112. The van der Waals surface area contributed by atoms with Crippen LogP contribution in [-0.4, -0.2) is 37.5 Å². The van der Waals surface area contributed by atoms with Gasteiger partial charge in [-0.3, -0.25) is 9.59 Å². The van der Waals surface area contributed by atoms with E-state index in [2.05, 4.69) is 5.32 Å². The van der Waals surface area contributed by atoms with E-state index in [9.17, 15) is 18.0 Å². The second-order valence-corrected chi connectivity index (χ2v) is 7.70. The van der Waals surface area contributed by atoms with Gasteiger partial charge in [0.05, 0.1) is 4.90 Å². The molecule has 0 unspecified atom stereocenters. The number of hydrogen-bond donors (Lipinski definition) is 1. The van der Waals surface area contributed by atoms with Gasteiger partial charge >= 0.3 is 0 Å². The summed E-state index contributed by atoms with van der Waals surface area (Å²) in [6.07, 6.45) is 0. The van der Waals surface area contributed by atoms with Crippen molar-refractivity contribution in [1.29, 1.82) is 0 Å². The molecule has 0 fully saturated rings. The van der Waals surface area contributed by atoms with Crippen LogP contribution in [0.2, 0.25) is 0 Å². The molecule has 0 bridgehead atoms. The fraction of sp³-hybridized carbons (Fsp3) is 0.263. The molecule has 26 heavy (non-hydrogen) atoms. The standard InChI is InChI=1S/C19H22N2O4S/c1-4-21(5-2)26(24,25)17-12-10-16(11-13-17)20-19(23)18(22)15-8-6-14(3)7-9-15/h6-13H,4-5H2,1-3H3,(H,20,23). The van der Waals surface area contributed by atoms with Crippen molar-refractivity contribution in [2.24, 2.45) is 0 Å². The minimum atomic E-state index is -3.56. The van der Waals surface area contributed by atoms with Gasteiger partial charge in [0.1, 0.15) is 0 Å². The molecule has 2 aromatic rings. The molecule has 2 rings (SSSR count). The van der Waals surface area contributed by atoms with Gasteiger partial charge in [-0.2, -0.15) is 4.31 Å². The summed E-state index contributed by atoms with van der Waals surface area (Å²) >= 11 is 0. The summed E-state index contributed by atoms with van der Waals surface area (Å²) in [6, 6.07) is 12.5. The summed E-state index contributed by atoms with van der Waals surface area (Å²) in [4.78, 5) is 24.4. The summed E-state index contributed by atoms with van der Waals surface area (Å²) in [5.74, 6) is -1.42.